The van der Waals surface area contributed by atoms with E-state index < -0.39 is 0 Å². The van der Waals surface area contributed by atoms with Gasteiger partial charge in [0.2, 0.25) is 0 Å². The number of aromatic nitrogens is 4. The van der Waals surface area contributed by atoms with Crippen molar-refractivity contribution < 1.29 is 4.74 Å². The molecule has 1 N–H and O–H groups in total. The molecule has 0 aromatic carbocycles. The molecule has 0 radical (unpaired) electrons. The Bertz CT molecular complexity index is 736. The van der Waals surface area contributed by atoms with Gasteiger partial charge >= 0.3 is 0 Å². The largest absolute Gasteiger partial charge is 0.383 e. The molecular formula is C14H16BrN5O. The number of nitrogens with one attached hydrogen (secondary N) is 1. The summed E-state index contributed by atoms with van der Waals surface area (Å²) in [7, 11) is 1.70. The average Bonchev–Trinajstić information content (AvgIpc) is 3.07. The van der Waals surface area contributed by atoms with Gasteiger partial charge in [0.25, 0.3) is 0 Å². The van der Waals surface area contributed by atoms with Crippen LogP contribution in [0.4, 0.5) is 0 Å². The van der Waals surface area contributed by atoms with Crippen LogP contribution in [-0.4, -0.2) is 39.4 Å². The Balaban J connectivity index is 1.97. The van der Waals surface area contributed by atoms with Crippen LogP contribution < -0.4 is 5.32 Å². The standard InChI is InChI=1S/C14H16BrN5O/c1-21-7-5-16-9-12-14(20-10-11(15)8-17-20)18-13-4-2-3-6-19(12)13/h2-4,6,8,10,16H,5,7,9H2,1H3. The van der Waals surface area contributed by atoms with E-state index >= 15 is 0 Å². The molecule has 3 rings (SSSR count). The smallest absolute Gasteiger partial charge is 0.176 e. The molecule has 110 valence electrons. The molecule has 0 atom stereocenters. The predicted octanol–water partition coefficient (Wildman–Crippen LogP) is 2.02. The molecule has 0 saturated heterocycles. The fourth-order valence-corrected chi connectivity index (χ4v) is 2.47. The lowest BCUT2D eigenvalue weighted by molar-refractivity contribution is 0.199. The zero-order chi connectivity index (χ0) is 14.7. The molecule has 3 aromatic rings. The van der Waals surface area contributed by atoms with Gasteiger partial charge in [-0.25, -0.2) is 9.67 Å². The number of fused-ring (bicyclic) bond motifs is 1. The third-order valence-electron chi connectivity index (χ3n) is 3.15. The van der Waals surface area contributed by atoms with Crippen molar-refractivity contribution in [3.63, 3.8) is 0 Å². The second kappa shape index (κ2) is 6.38. The van der Waals surface area contributed by atoms with Crippen LogP contribution in [0, 0.1) is 0 Å². The molecule has 0 aliphatic heterocycles. The van der Waals surface area contributed by atoms with Gasteiger partial charge in [-0.15, -0.1) is 0 Å². The lowest BCUT2D eigenvalue weighted by Crippen LogP contribution is -2.20. The topological polar surface area (TPSA) is 56.4 Å². The molecule has 0 spiro atoms. The summed E-state index contributed by atoms with van der Waals surface area (Å²) < 4.78 is 9.84. The number of pyridine rings is 1. The van der Waals surface area contributed by atoms with Crippen molar-refractivity contribution in [3.05, 3.63) is 47.0 Å². The van der Waals surface area contributed by atoms with Crippen LogP contribution >= 0.6 is 15.9 Å². The van der Waals surface area contributed by atoms with Gasteiger partial charge in [-0.1, -0.05) is 6.07 Å². The molecule has 7 heteroatoms. The van der Waals surface area contributed by atoms with Gasteiger partial charge in [0.1, 0.15) is 5.65 Å². The molecule has 0 aliphatic carbocycles. The van der Waals surface area contributed by atoms with Gasteiger partial charge in [0.15, 0.2) is 5.82 Å². The summed E-state index contributed by atoms with van der Waals surface area (Å²) >= 11 is 3.42. The quantitative estimate of drug-likeness (QED) is 0.691. The summed E-state index contributed by atoms with van der Waals surface area (Å²) in [5.41, 5.74) is 1.97. The number of methoxy groups -OCH3 is 1. The van der Waals surface area contributed by atoms with E-state index in [9.17, 15) is 0 Å². The van der Waals surface area contributed by atoms with Gasteiger partial charge in [-0.05, 0) is 28.1 Å². The highest BCUT2D eigenvalue weighted by atomic mass is 79.9. The first kappa shape index (κ1) is 14.2. The van der Waals surface area contributed by atoms with Gasteiger partial charge in [-0.3, -0.25) is 0 Å². The van der Waals surface area contributed by atoms with Crippen molar-refractivity contribution >= 4 is 21.6 Å². The fourth-order valence-electron chi connectivity index (χ4n) is 2.18. The average molecular weight is 350 g/mol. The zero-order valence-corrected chi connectivity index (χ0v) is 13.2. The molecular weight excluding hydrogens is 334 g/mol. The normalized spacial score (nSPS) is 11.3. The van der Waals surface area contributed by atoms with Gasteiger partial charge in [0, 0.05) is 32.6 Å². The van der Waals surface area contributed by atoms with Crippen LogP contribution in [0.5, 0.6) is 0 Å². The molecule has 6 nitrogen and oxygen atoms in total. The van der Waals surface area contributed by atoms with Crippen molar-refractivity contribution in [2.45, 2.75) is 6.54 Å². The third-order valence-corrected chi connectivity index (χ3v) is 3.56. The fraction of sp³-hybridized carbons (Fsp3) is 0.286. The van der Waals surface area contributed by atoms with E-state index in [0.717, 1.165) is 28.2 Å². The number of hydrogen-bond acceptors (Lipinski definition) is 4. The number of nitrogens with zero attached hydrogens (tertiary/aromatic N) is 4. The molecule has 0 fully saturated rings. The molecule has 0 unspecified atom stereocenters. The molecule has 0 amide bonds. The Hall–Kier alpha value is -1.70. The number of halogens is 1. The highest BCUT2D eigenvalue weighted by Crippen LogP contribution is 2.18. The summed E-state index contributed by atoms with van der Waals surface area (Å²) in [5.74, 6) is 0.830. The molecule has 0 saturated carbocycles. The van der Waals surface area contributed by atoms with Crippen molar-refractivity contribution in [1.29, 1.82) is 0 Å². The minimum Gasteiger partial charge on any atom is -0.383 e. The molecule has 3 aromatic heterocycles. The van der Waals surface area contributed by atoms with Crippen LogP contribution in [0.15, 0.2) is 41.3 Å². The monoisotopic (exact) mass is 349 g/mol. The van der Waals surface area contributed by atoms with Crippen LogP contribution in [0.3, 0.4) is 0 Å². The van der Waals surface area contributed by atoms with Gasteiger partial charge in [0.05, 0.1) is 23.0 Å². The summed E-state index contributed by atoms with van der Waals surface area (Å²) in [6, 6.07) is 5.96. The SMILES string of the molecule is COCCNCc1c(-n2cc(Br)cn2)nc2ccccn12. The Kier molecular flexibility index (Phi) is 4.33. The van der Waals surface area contributed by atoms with Crippen LogP contribution in [-0.2, 0) is 11.3 Å². The number of rotatable bonds is 6. The van der Waals surface area contributed by atoms with E-state index in [-0.39, 0.29) is 0 Å². The van der Waals surface area contributed by atoms with Crippen LogP contribution in [0.2, 0.25) is 0 Å². The van der Waals surface area contributed by atoms with E-state index in [1.165, 1.54) is 0 Å². The van der Waals surface area contributed by atoms with Crippen molar-refractivity contribution in [2.24, 2.45) is 0 Å². The summed E-state index contributed by atoms with van der Waals surface area (Å²) in [5, 5.41) is 7.69. The number of imidazole rings is 1. The minimum absolute atomic E-state index is 0.680. The lowest BCUT2D eigenvalue weighted by atomic mass is 10.4. The van der Waals surface area contributed by atoms with Crippen molar-refractivity contribution in [3.8, 4) is 5.82 Å². The number of ether oxygens (including phenoxy) is 1. The second-order valence-electron chi connectivity index (χ2n) is 4.58. The van der Waals surface area contributed by atoms with Gasteiger partial charge in [-0.2, -0.15) is 5.10 Å². The first-order valence-electron chi connectivity index (χ1n) is 6.66. The summed E-state index contributed by atoms with van der Waals surface area (Å²) in [6.45, 7) is 2.17. The summed E-state index contributed by atoms with van der Waals surface area (Å²) in [6.07, 6.45) is 5.67. The molecule has 3 heterocycles. The van der Waals surface area contributed by atoms with Crippen LogP contribution in [0.25, 0.3) is 11.5 Å². The Morgan fingerprint density at radius 3 is 3.05 bits per heavy atom. The Morgan fingerprint density at radius 2 is 2.29 bits per heavy atom. The van der Waals surface area contributed by atoms with E-state index in [1.54, 1.807) is 18.0 Å². The molecule has 0 bridgehead atoms. The van der Waals surface area contributed by atoms with Crippen molar-refractivity contribution in [1.82, 2.24) is 24.5 Å². The maximum atomic E-state index is 5.06. The molecule has 21 heavy (non-hydrogen) atoms. The maximum Gasteiger partial charge on any atom is 0.176 e. The Labute approximate surface area is 130 Å². The lowest BCUT2D eigenvalue weighted by Gasteiger charge is -2.06. The first-order valence-corrected chi connectivity index (χ1v) is 7.45. The Morgan fingerprint density at radius 1 is 1.38 bits per heavy atom. The van der Waals surface area contributed by atoms with Crippen LogP contribution in [0.1, 0.15) is 5.69 Å². The highest BCUT2D eigenvalue weighted by molar-refractivity contribution is 9.10. The summed E-state index contributed by atoms with van der Waals surface area (Å²) in [4.78, 5) is 4.67. The maximum absolute atomic E-state index is 5.06. The first-order chi connectivity index (χ1) is 10.3. The number of hydrogen-bond donors (Lipinski definition) is 1. The van der Waals surface area contributed by atoms with E-state index in [1.807, 2.05) is 30.6 Å². The minimum atomic E-state index is 0.680. The van der Waals surface area contributed by atoms with E-state index in [0.29, 0.717) is 13.2 Å². The van der Waals surface area contributed by atoms with E-state index in [4.69, 9.17) is 4.74 Å². The zero-order valence-electron chi connectivity index (χ0n) is 11.7. The predicted molar refractivity (Wildman–Crippen MR) is 83.6 cm³/mol. The van der Waals surface area contributed by atoms with E-state index in [2.05, 4.69) is 35.7 Å². The third kappa shape index (κ3) is 2.99. The van der Waals surface area contributed by atoms with Gasteiger partial charge < -0.3 is 14.5 Å². The van der Waals surface area contributed by atoms with Crippen molar-refractivity contribution in [2.75, 3.05) is 20.3 Å². The second-order valence-corrected chi connectivity index (χ2v) is 5.50. The molecule has 0 aliphatic rings. The highest BCUT2D eigenvalue weighted by Gasteiger charge is 2.14.